The zero-order valence-electron chi connectivity index (χ0n) is 8.53. The summed E-state index contributed by atoms with van der Waals surface area (Å²) in [5.41, 5.74) is 6.73. The van der Waals surface area contributed by atoms with Gasteiger partial charge in [-0.15, -0.1) is 0 Å². The fourth-order valence-electron chi connectivity index (χ4n) is 1.72. The number of likely N-dealkylation sites (tertiary alicyclic amines) is 1. The summed E-state index contributed by atoms with van der Waals surface area (Å²) < 4.78 is 13.1. The van der Waals surface area contributed by atoms with Gasteiger partial charge in [-0.1, -0.05) is 0 Å². The van der Waals surface area contributed by atoms with Crippen molar-refractivity contribution in [2.24, 2.45) is 5.73 Å². The molecular weight excluding hydrogens is 195 g/mol. The van der Waals surface area contributed by atoms with Gasteiger partial charge in [0.1, 0.15) is 5.82 Å². The summed E-state index contributed by atoms with van der Waals surface area (Å²) in [4.78, 5) is 13.4. The number of rotatable bonds is 1. The van der Waals surface area contributed by atoms with E-state index >= 15 is 0 Å². The van der Waals surface area contributed by atoms with Gasteiger partial charge in [-0.25, -0.2) is 4.39 Å². The van der Waals surface area contributed by atoms with E-state index in [0.29, 0.717) is 18.7 Å². The fraction of sp³-hybridized carbons (Fsp3) is 0.364. The van der Waals surface area contributed by atoms with Gasteiger partial charge >= 0.3 is 0 Å². The smallest absolute Gasteiger partial charge is 0.254 e. The third-order valence-corrected chi connectivity index (χ3v) is 2.49. The Balaban J connectivity index is 2.18. The highest BCUT2D eigenvalue weighted by Gasteiger charge is 2.28. The summed E-state index contributed by atoms with van der Waals surface area (Å²) in [5, 5.41) is 0. The number of carbonyl (C=O) groups excluding carboxylic acids is 1. The molecule has 1 fully saturated rings. The number of hydrogen-bond acceptors (Lipinski definition) is 2. The van der Waals surface area contributed by atoms with Crippen molar-refractivity contribution in [1.29, 1.82) is 0 Å². The van der Waals surface area contributed by atoms with Crippen LogP contribution in [0.4, 0.5) is 4.39 Å². The van der Waals surface area contributed by atoms with Crippen molar-refractivity contribution >= 4 is 5.91 Å². The quantitative estimate of drug-likeness (QED) is 0.745. The molecule has 1 amide bonds. The molecule has 0 saturated carbocycles. The van der Waals surface area contributed by atoms with Crippen LogP contribution in [0.5, 0.6) is 0 Å². The second-order valence-corrected chi connectivity index (χ2v) is 3.99. The number of carbonyl (C=O) groups is 1. The molecule has 0 aliphatic carbocycles. The highest BCUT2D eigenvalue weighted by atomic mass is 19.1. The molecule has 1 saturated heterocycles. The Morgan fingerprint density at radius 3 is 2.67 bits per heavy atom. The molecule has 2 N–H and O–H groups in total. The highest BCUT2D eigenvalue weighted by molar-refractivity contribution is 5.95. The third-order valence-electron chi connectivity index (χ3n) is 2.49. The number of hydrogen-bond donors (Lipinski definition) is 1. The van der Waals surface area contributed by atoms with E-state index in [4.69, 9.17) is 5.73 Å². The molecule has 0 bridgehead atoms. The summed E-state index contributed by atoms with van der Waals surface area (Å²) in [6.07, 6.45) is 0. The Labute approximate surface area is 87.7 Å². The first kappa shape index (κ1) is 10.1. The maximum Gasteiger partial charge on any atom is 0.254 e. The van der Waals surface area contributed by atoms with Gasteiger partial charge in [0.05, 0.1) is 0 Å². The van der Waals surface area contributed by atoms with Crippen LogP contribution in [0.25, 0.3) is 0 Å². The highest BCUT2D eigenvalue weighted by Crippen LogP contribution is 2.14. The topological polar surface area (TPSA) is 46.3 Å². The van der Waals surface area contributed by atoms with E-state index in [1.807, 2.05) is 0 Å². The Hall–Kier alpha value is -1.42. The van der Waals surface area contributed by atoms with E-state index in [-0.39, 0.29) is 17.8 Å². The van der Waals surface area contributed by atoms with Crippen LogP contribution < -0.4 is 5.73 Å². The normalized spacial score (nSPS) is 16.3. The summed E-state index contributed by atoms with van der Waals surface area (Å²) in [7, 11) is 0. The molecule has 0 unspecified atom stereocenters. The average Bonchev–Trinajstić information content (AvgIpc) is 2.10. The fourth-order valence-corrected chi connectivity index (χ4v) is 1.72. The third kappa shape index (κ3) is 1.99. The number of nitrogens with zero attached hydrogens (tertiary/aromatic N) is 1. The van der Waals surface area contributed by atoms with E-state index in [2.05, 4.69) is 0 Å². The molecule has 1 aliphatic heterocycles. The lowest BCUT2D eigenvalue weighted by Gasteiger charge is -2.36. The zero-order chi connectivity index (χ0) is 11.0. The van der Waals surface area contributed by atoms with Crippen molar-refractivity contribution in [1.82, 2.24) is 4.90 Å². The number of benzene rings is 1. The van der Waals surface area contributed by atoms with E-state index in [0.717, 1.165) is 5.56 Å². The minimum Gasteiger partial charge on any atom is -0.335 e. The molecule has 1 aliphatic rings. The van der Waals surface area contributed by atoms with Crippen LogP contribution in [-0.4, -0.2) is 29.9 Å². The van der Waals surface area contributed by atoms with Crippen molar-refractivity contribution in [3.05, 3.63) is 35.1 Å². The van der Waals surface area contributed by atoms with Crippen molar-refractivity contribution in [2.75, 3.05) is 13.1 Å². The Kier molecular flexibility index (Phi) is 2.44. The molecule has 15 heavy (non-hydrogen) atoms. The van der Waals surface area contributed by atoms with Crippen LogP contribution in [0.3, 0.4) is 0 Å². The summed E-state index contributed by atoms with van der Waals surface area (Å²) in [6, 6.07) is 4.43. The lowest BCUT2D eigenvalue weighted by molar-refractivity contribution is 0.0607. The van der Waals surface area contributed by atoms with Crippen LogP contribution in [0.15, 0.2) is 18.2 Å². The van der Waals surface area contributed by atoms with Crippen molar-refractivity contribution < 1.29 is 9.18 Å². The molecule has 2 rings (SSSR count). The summed E-state index contributed by atoms with van der Waals surface area (Å²) in [5.74, 6) is -0.512. The number of nitrogens with two attached hydrogens (primary N) is 1. The van der Waals surface area contributed by atoms with Crippen LogP contribution in [0.1, 0.15) is 15.9 Å². The van der Waals surface area contributed by atoms with Crippen molar-refractivity contribution in [3.8, 4) is 0 Å². The molecule has 1 heterocycles. The van der Waals surface area contributed by atoms with Crippen LogP contribution >= 0.6 is 0 Å². The van der Waals surface area contributed by atoms with Gasteiger partial charge in [0, 0.05) is 24.7 Å². The largest absolute Gasteiger partial charge is 0.335 e. The SMILES string of the molecule is Cc1cc(F)cc(C(=O)N2CC(N)C2)c1. The Morgan fingerprint density at radius 2 is 2.13 bits per heavy atom. The standard InChI is InChI=1S/C11H13FN2O/c1-7-2-8(4-9(12)3-7)11(15)14-5-10(13)6-14/h2-4,10H,5-6,13H2,1H3. The molecule has 0 atom stereocenters. The van der Waals surface area contributed by atoms with Gasteiger partial charge < -0.3 is 10.6 Å². The first-order chi connectivity index (χ1) is 7.06. The van der Waals surface area contributed by atoms with Crippen LogP contribution in [-0.2, 0) is 0 Å². The van der Waals surface area contributed by atoms with Gasteiger partial charge in [0.2, 0.25) is 0 Å². The molecular formula is C11H13FN2O. The molecule has 0 spiro atoms. The lowest BCUT2D eigenvalue weighted by Crippen LogP contribution is -2.57. The molecule has 0 radical (unpaired) electrons. The number of amides is 1. The average molecular weight is 208 g/mol. The van der Waals surface area contributed by atoms with E-state index in [1.54, 1.807) is 17.9 Å². The van der Waals surface area contributed by atoms with Gasteiger partial charge in [-0.2, -0.15) is 0 Å². The zero-order valence-corrected chi connectivity index (χ0v) is 8.53. The molecule has 1 aromatic rings. The Bertz CT molecular complexity index is 379. The second-order valence-electron chi connectivity index (χ2n) is 3.99. The van der Waals surface area contributed by atoms with E-state index in [1.165, 1.54) is 12.1 Å². The van der Waals surface area contributed by atoms with Gasteiger partial charge in [0.25, 0.3) is 5.91 Å². The molecule has 3 nitrogen and oxygen atoms in total. The lowest BCUT2D eigenvalue weighted by atomic mass is 10.1. The summed E-state index contributed by atoms with van der Waals surface area (Å²) in [6.45, 7) is 2.89. The van der Waals surface area contributed by atoms with Gasteiger partial charge in [0.15, 0.2) is 0 Å². The van der Waals surface area contributed by atoms with Crippen LogP contribution in [0, 0.1) is 12.7 Å². The minimum atomic E-state index is -0.372. The molecule has 1 aromatic carbocycles. The molecule has 4 heteroatoms. The first-order valence-electron chi connectivity index (χ1n) is 4.88. The van der Waals surface area contributed by atoms with Gasteiger partial charge in [-0.05, 0) is 30.7 Å². The molecule has 80 valence electrons. The number of halogens is 1. The van der Waals surface area contributed by atoms with Gasteiger partial charge in [-0.3, -0.25) is 4.79 Å². The predicted octanol–water partition coefficient (Wildman–Crippen LogP) is 0.917. The minimum absolute atomic E-state index is 0.0728. The predicted molar refractivity (Wildman–Crippen MR) is 55.0 cm³/mol. The van der Waals surface area contributed by atoms with Crippen LogP contribution in [0.2, 0.25) is 0 Å². The maximum atomic E-state index is 13.1. The van der Waals surface area contributed by atoms with Crippen molar-refractivity contribution in [2.45, 2.75) is 13.0 Å². The monoisotopic (exact) mass is 208 g/mol. The van der Waals surface area contributed by atoms with E-state index in [9.17, 15) is 9.18 Å². The summed E-state index contributed by atoms with van der Waals surface area (Å²) >= 11 is 0. The van der Waals surface area contributed by atoms with E-state index < -0.39 is 0 Å². The molecule has 0 aromatic heterocycles. The second kappa shape index (κ2) is 3.62. The number of aryl methyl sites for hydroxylation is 1. The Morgan fingerprint density at radius 1 is 1.47 bits per heavy atom. The van der Waals surface area contributed by atoms with Crippen molar-refractivity contribution in [3.63, 3.8) is 0 Å². The first-order valence-corrected chi connectivity index (χ1v) is 4.88. The maximum absolute atomic E-state index is 13.1.